The van der Waals surface area contributed by atoms with Crippen molar-refractivity contribution in [2.24, 2.45) is 0 Å². The number of fused-ring (bicyclic) bond motifs is 1. The van der Waals surface area contributed by atoms with E-state index in [4.69, 9.17) is 4.74 Å². The molecule has 7 nitrogen and oxygen atoms in total. The predicted octanol–water partition coefficient (Wildman–Crippen LogP) is 2.71. The Labute approximate surface area is 133 Å². The lowest BCUT2D eigenvalue weighted by Gasteiger charge is -2.13. The molecule has 1 fully saturated rings. The maximum atomic E-state index is 13.3. The Morgan fingerprint density at radius 3 is 2.67 bits per heavy atom. The molecular formula is C14H11F3N6O. The van der Waals surface area contributed by atoms with Crippen molar-refractivity contribution in [3.05, 3.63) is 23.9 Å². The number of rotatable bonds is 3. The van der Waals surface area contributed by atoms with Crippen LogP contribution in [0.1, 0.15) is 30.1 Å². The van der Waals surface area contributed by atoms with E-state index in [-0.39, 0.29) is 28.7 Å². The Hall–Kier alpha value is -2.78. The van der Waals surface area contributed by atoms with Crippen molar-refractivity contribution >= 4 is 11.0 Å². The van der Waals surface area contributed by atoms with Crippen LogP contribution in [0.25, 0.3) is 22.4 Å². The van der Waals surface area contributed by atoms with E-state index in [1.807, 2.05) is 0 Å². The van der Waals surface area contributed by atoms with Gasteiger partial charge in [0.05, 0.1) is 19.0 Å². The summed E-state index contributed by atoms with van der Waals surface area (Å²) in [5.74, 6) is 0.202. The number of aromatic amines is 1. The van der Waals surface area contributed by atoms with Gasteiger partial charge >= 0.3 is 6.18 Å². The first kappa shape index (κ1) is 14.8. The molecule has 0 aliphatic heterocycles. The van der Waals surface area contributed by atoms with Crippen molar-refractivity contribution < 1.29 is 17.9 Å². The summed E-state index contributed by atoms with van der Waals surface area (Å²) in [5.41, 5.74) is -0.350. The Morgan fingerprint density at radius 2 is 2.00 bits per heavy atom. The Morgan fingerprint density at radius 1 is 1.21 bits per heavy atom. The maximum absolute atomic E-state index is 13.3. The molecule has 0 unspecified atom stereocenters. The van der Waals surface area contributed by atoms with Gasteiger partial charge < -0.3 is 4.74 Å². The van der Waals surface area contributed by atoms with Gasteiger partial charge in [-0.25, -0.2) is 19.9 Å². The lowest BCUT2D eigenvalue weighted by Crippen LogP contribution is -2.12. The Balaban J connectivity index is 2.01. The number of methoxy groups -OCH3 is 1. The molecule has 4 rings (SSSR count). The van der Waals surface area contributed by atoms with Gasteiger partial charge in [-0.05, 0) is 12.8 Å². The fraction of sp³-hybridized carbons (Fsp3) is 0.357. The zero-order chi connectivity index (χ0) is 16.9. The third-order valence-corrected chi connectivity index (χ3v) is 3.79. The van der Waals surface area contributed by atoms with E-state index in [0.717, 1.165) is 12.8 Å². The van der Waals surface area contributed by atoms with Crippen LogP contribution in [0, 0.1) is 0 Å². The van der Waals surface area contributed by atoms with Gasteiger partial charge in [0.15, 0.2) is 11.5 Å². The summed E-state index contributed by atoms with van der Waals surface area (Å²) in [7, 11) is 1.39. The number of ether oxygens (including phenoxy) is 1. The molecule has 124 valence electrons. The molecule has 0 amide bonds. The molecule has 0 saturated heterocycles. The van der Waals surface area contributed by atoms with Gasteiger partial charge in [0.2, 0.25) is 5.88 Å². The molecule has 3 aromatic heterocycles. The number of hydrogen-bond acceptors (Lipinski definition) is 6. The molecule has 0 spiro atoms. The van der Waals surface area contributed by atoms with Crippen LogP contribution >= 0.6 is 0 Å². The smallest absolute Gasteiger partial charge is 0.435 e. The summed E-state index contributed by atoms with van der Waals surface area (Å²) >= 11 is 0. The van der Waals surface area contributed by atoms with Gasteiger partial charge in [-0.15, -0.1) is 0 Å². The largest absolute Gasteiger partial charge is 0.480 e. The van der Waals surface area contributed by atoms with Gasteiger partial charge in [-0.3, -0.25) is 5.10 Å². The predicted molar refractivity (Wildman–Crippen MR) is 76.2 cm³/mol. The highest BCUT2D eigenvalue weighted by molar-refractivity contribution is 5.80. The SMILES string of the molecule is COc1ncnc(C2CC2)c1-c1nc(C(F)(F)F)c2[nH]ncc2n1. The summed E-state index contributed by atoms with van der Waals surface area (Å²) in [6.45, 7) is 0. The van der Waals surface area contributed by atoms with Crippen LogP contribution in [-0.2, 0) is 6.18 Å². The quantitative estimate of drug-likeness (QED) is 0.791. The zero-order valence-electron chi connectivity index (χ0n) is 12.4. The van der Waals surface area contributed by atoms with Crippen LogP contribution in [0.4, 0.5) is 13.2 Å². The normalized spacial score (nSPS) is 15.0. The van der Waals surface area contributed by atoms with E-state index in [1.54, 1.807) is 0 Å². The Kier molecular flexibility index (Phi) is 3.15. The highest BCUT2D eigenvalue weighted by atomic mass is 19.4. The molecule has 0 atom stereocenters. The number of hydrogen-bond donors (Lipinski definition) is 1. The molecule has 24 heavy (non-hydrogen) atoms. The van der Waals surface area contributed by atoms with Crippen molar-refractivity contribution in [2.45, 2.75) is 24.9 Å². The van der Waals surface area contributed by atoms with E-state index in [9.17, 15) is 13.2 Å². The fourth-order valence-electron chi connectivity index (χ4n) is 2.57. The minimum atomic E-state index is -4.65. The van der Waals surface area contributed by atoms with E-state index >= 15 is 0 Å². The third kappa shape index (κ3) is 2.34. The average molecular weight is 336 g/mol. The van der Waals surface area contributed by atoms with Crippen molar-refractivity contribution in [3.8, 4) is 17.3 Å². The number of alkyl halides is 3. The van der Waals surface area contributed by atoms with Gasteiger partial charge in [0.1, 0.15) is 22.9 Å². The molecule has 1 saturated carbocycles. The second kappa shape index (κ2) is 5.11. The van der Waals surface area contributed by atoms with Crippen LogP contribution in [0.3, 0.4) is 0 Å². The number of aromatic nitrogens is 6. The van der Waals surface area contributed by atoms with Crippen molar-refractivity contribution in [1.82, 2.24) is 30.1 Å². The summed E-state index contributed by atoms with van der Waals surface area (Å²) in [6.07, 6.45) is -0.272. The molecule has 3 heterocycles. The summed E-state index contributed by atoms with van der Waals surface area (Å²) in [5, 5.41) is 5.93. The molecule has 1 aliphatic carbocycles. The van der Waals surface area contributed by atoms with Crippen LogP contribution < -0.4 is 4.74 Å². The van der Waals surface area contributed by atoms with Gasteiger partial charge in [-0.1, -0.05) is 0 Å². The lowest BCUT2D eigenvalue weighted by molar-refractivity contribution is -0.139. The van der Waals surface area contributed by atoms with Crippen molar-refractivity contribution in [1.29, 1.82) is 0 Å². The van der Waals surface area contributed by atoms with E-state index in [2.05, 4.69) is 30.1 Å². The third-order valence-electron chi connectivity index (χ3n) is 3.79. The number of halogens is 3. The van der Waals surface area contributed by atoms with Crippen LogP contribution in [-0.4, -0.2) is 37.2 Å². The molecule has 0 radical (unpaired) electrons. The second-order valence-electron chi connectivity index (χ2n) is 5.44. The van der Waals surface area contributed by atoms with Gasteiger partial charge in [-0.2, -0.15) is 18.3 Å². The highest BCUT2D eigenvalue weighted by Crippen LogP contribution is 2.45. The topological polar surface area (TPSA) is 89.5 Å². The molecular weight excluding hydrogens is 325 g/mol. The van der Waals surface area contributed by atoms with Crippen LogP contribution in [0.2, 0.25) is 0 Å². The zero-order valence-corrected chi connectivity index (χ0v) is 12.4. The standard InChI is InChI=1S/C14H11F3N6O/c1-24-13-8(9(6-2-3-6)18-5-19-13)12-21-7-4-20-23-10(7)11(22-12)14(15,16)17/h4-6H,2-3H2,1H3,(H,20,23). The minimum Gasteiger partial charge on any atom is -0.480 e. The first-order valence-corrected chi connectivity index (χ1v) is 7.16. The van der Waals surface area contributed by atoms with Crippen LogP contribution in [0.5, 0.6) is 5.88 Å². The number of nitrogens with one attached hydrogen (secondary N) is 1. The summed E-state index contributed by atoms with van der Waals surface area (Å²) < 4.78 is 45.2. The molecule has 0 aromatic carbocycles. The lowest BCUT2D eigenvalue weighted by atomic mass is 10.1. The summed E-state index contributed by atoms with van der Waals surface area (Å²) in [4.78, 5) is 16.1. The molecule has 10 heteroatoms. The van der Waals surface area contributed by atoms with Gasteiger partial charge in [0, 0.05) is 5.92 Å². The summed E-state index contributed by atoms with van der Waals surface area (Å²) in [6, 6.07) is 0. The molecule has 0 bridgehead atoms. The van der Waals surface area contributed by atoms with Crippen molar-refractivity contribution in [3.63, 3.8) is 0 Å². The highest BCUT2D eigenvalue weighted by Gasteiger charge is 2.38. The van der Waals surface area contributed by atoms with Gasteiger partial charge in [0.25, 0.3) is 0 Å². The van der Waals surface area contributed by atoms with E-state index < -0.39 is 11.9 Å². The molecule has 1 N–H and O–H groups in total. The molecule has 1 aliphatic rings. The fourth-order valence-corrected chi connectivity index (χ4v) is 2.57. The maximum Gasteiger partial charge on any atom is 0.435 e. The molecule has 3 aromatic rings. The minimum absolute atomic E-state index is 0.0694. The monoisotopic (exact) mass is 336 g/mol. The second-order valence-corrected chi connectivity index (χ2v) is 5.44. The Bertz CT molecular complexity index is 919. The van der Waals surface area contributed by atoms with E-state index in [0.29, 0.717) is 11.3 Å². The average Bonchev–Trinajstić information content (AvgIpc) is 3.29. The van der Waals surface area contributed by atoms with E-state index in [1.165, 1.54) is 19.6 Å². The van der Waals surface area contributed by atoms with Crippen molar-refractivity contribution in [2.75, 3.05) is 7.11 Å². The number of H-pyrrole nitrogens is 1. The first-order valence-electron chi connectivity index (χ1n) is 7.16. The van der Waals surface area contributed by atoms with Crippen LogP contribution in [0.15, 0.2) is 12.5 Å². The number of nitrogens with zero attached hydrogens (tertiary/aromatic N) is 5. The first-order chi connectivity index (χ1) is 11.5.